The number of carbonyl (C=O) groups is 3. The average molecular weight is 536 g/mol. The summed E-state index contributed by atoms with van der Waals surface area (Å²) in [6.45, 7) is 1.61. The molecule has 0 saturated carbocycles. The minimum atomic E-state index is -1.04. The molecule has 1 aromatic carbocycles. The van der Waals surface area contributed by atoms with Crippen LogP contribution in [0.25, 0.3) is 0 Å². The Balaban J connectivity index is 1.67. The van der Waals surface area contributed by atoms with Crippen molar-refractivity contribution in [2.24, 2.45) is 0 Å². The van der Waals surface area contributed by atoms with Gasteiger partial charge in [0.05, 0.1) is 18.6 Å². The first-order chi connectivity index (χ1) is 17.4. The fraction of sp³-hybridized carbons (Fsp3) is 0.520. The Kier molecular flexibility index (Phi) is 11.1. The molecule has 1 aliphatic heterocycles. The largest absolute Gasteiger partial charge is 0.480 e. The number of aromatic amines is 1. The second-order valence-electron chi connectivity index (χ2n) is 8.94. The summed E-state index contributed by atoms with van der Waals surface area (Å²) in [7, 11) is 0. The molecular formula is C25H34ClN5O4S. The molecule has 2 heterocycles. The zero-order valence-corrected chi connectivity index (χ0v) is 22.1. The molecule has 1 saturated heterocycles. The number of carboxylic acids is 1. The van der Waals surface area contributed by atoms with Crippen LogP contribution in [0.5, 0.6) is 0 Å². The van der Waals surface area contributed by atoms with Gasteiger partial charge in [-0.2, -0.15) is 11.8 Å². The predicted octanol–water partition coefficient (Wildman–Crippen LogP) is 2.81. The lowest BCUT2D eigenvalue weighted by Gasteiger charge is -2.31. The minimum absolute atomic E-state index is 0.0140. The van der Waals surface area contributed by atoms with Gasteiger partial charge in [-0.05, 0) is 49.3 Å². The fourth-order valence-electron chi connectivity index (χ4n) is 4.45. The number of imidazole rings is 1. The van der Waals surface area contributed by atoms with Gasteiger partial charge in [0, 0.05) is 43.3 Å². The van der Waals surface area contributed by atoms with Crippen LogP contribution >= 0.6 is 23.4 Å². The summed E-state index contributed by atoms with van der Waals surface area (Å²) in [5, 5.41) is 12.8. The van der Waals surface area contributed by atoms with E-state index in [1.165, 1.54) is 11.8 Å². The predicted molar refractivity (Wildman–Crippen MR) is 141 cm³/mol. The number of nitrogens with one attached hydrogen (secondary N) is 2. The van der Waals surface area contributed by atoms with Gasteiger partial charge in [0.2, 0.25) is 11.8 Å². The molecule has 0 spiro atoms. The lowest BCUT2D eigenvalue weighted by atomic mass is 10.1. The molecule has 0 radical (unpaired) electrons. The third kappa shape index (κ3) is 8.53. The highest BCUT2D eigenvalue weighted by Crippen LogP contribution is 2.22. The number of aryl methyl sites for hydroxylation is 1. The molecule has 3 rings (SSSR count). The van der Waals surface area contributed by atoms with Crippen molar-refractivity contribution in [1.29, 1.82) is 0 Å². The maximum Gasteiger partial charge on any atom is 0.326 e. The van der Waals surface area contributed by atoms with Crippen LogP contribution in [0.2, 0.25) is 5.02 Å². The highest BCUT2D eigenvalue weighted by molar-refractivity contribution is 7.98. The van der Waals surface area contributed by atoms with Crippen molar-refractivity contribution in [1.82, 2.24) is 25.1 Å². The SMILES string of the molecule is CSCC[C@H](NC(=O)CN(Cc1ccccc1Cl)C[C@@H]1CCCN1C(=O)CCc1c[nH]cn1)C(=O)O. The first kappa shape index (κ1) is 28.0. The number of rotatable bonds is 14. The second-order valence-corrected chi connectivity index (χ2v) is 10.3. The van der Waals surface area contributed by atoms with Crippen LogP contribution in [-0.2, 0) is 27.3 Å². The molecule has 36 heavy (non-hydrogen) atoms. The third-order valence-corrected chi connectivity index (χ3v) is 7.29. The maximum atomic E-state index is 13.0. The molecule has 2 amide bonds. The van der Waals surface area contributed by atoms with Crippen LogP contribution in [0.3, 0.4) is 0 Å². The Morgan fingerprint density at radius 3 is 2.86 bits per heavy atom. The first-order valence-electron chi connectivity index (χ1n) is 12.1. The van der Waals surface area contributed by atoms with E-state index in [4.69, 9.17) is 11.6 Å². The lowest BCUT2D eigenvalue weighted by Crippen LogP contribution is -2.49. The number of H-pyrrole nitrogens is 1. The number of aliphatic carboxylic acids is 1. The molecule has 2 aromatic rings. The van der Waals surface area contributed by atoms with Crippen molar-refractivity contribution in [3.05, 3.63) is 53.1 Å². The van der Waals surface area contributed by atoms with E-state index >= 15 is 0 Å². The Morgan fingerprint density at radius 1 is 1.36 bits per heavy atom. The molecule has 1 aromatic heterocycles. The zero-order chi connectivity index (χ0) is 25.9. The minimum Gasteiger partial charge on any atom is -0.480 e. The van der Waals surface area contributed by atoms with E-state index in [9.17, 15) is 19.5 Å². The standard InChI is InChI=1S/C25H34ClN5O4S/c1-36-12-10-22(25(34)35)29-23(32)16-30(14-18-5-2-3-7-21(18)26)15-20-6-4-11-31(20)24(33)9-8-19-13-27-17-28-19/h2-3,5,7,13,17,20,22H,4,6,8-12,14-16H2,1H3,(H,27,28)(H,29,32)(H,34,35)/t20-,22-/m0/s1. The zero-order valence-electron chi connectivity index (χ0n) is 20.5. The summed E-state index contributed by atoms with van der Waals surface area (Å²) in [5.41, 5.74) is 1.73. The quantitative estimate of drug-likeness (QED) is 0.340. The van der Waals surface area contributed by atoms with Gasteiger partial charge in [0.25, 0.3) is 0 Å². The van der Waals surface area contributed by atoms with Crippen molar-refractivity contribution in [3.63, 3.8) is 0 Å². The van der Waals surface area contributed by atoms with E-state index in [0.717, 1.165) is 24.1 Å². The molecule has 0 unspecified atom stereocenters. The number of aromatic nitrogens is 2. The van der Waals surface area contributed by atoms with E-state index in [-0.39, 0.29) is 24.4 Å². The van der Waals surface area contributed by atoms with Crippen LogP contribution in [-0.4, -0.2) is 86.4 Å². The van der Waals surface area contributed by atoms with Crippen molar-refractivity contribution >= 4 is 41.1 Å². The number of carbonyl (C=O) groups excluding carboxylic acids is 2. The number of thioether (sulfide) groups is 1. The summed E-state index contributed by atoms with van der Waals surface area (Å²) in [6, 6.07) is 6.49. The number of benzene rings is 1. The Hall–Kier alpha value is -2.56. The van der Waals surface area contributed by atoms with Crippen LogP contribution in [0, 0.1) is 0 Å². The smallest absolute Gasteiger partial charge is 0.326 e. The molecule has 9 nitrogen and oxygen atoms in total. The van der Waals surface area contributed by atoms with Gasteiger partial charge in [-0.1, -0.05) is 29.8 Å². The number of nitrogens with zero attached hydrogens (tertiary/aromatic N) is 3. The molecule has 196 valence electrons. The Labute approximate surface area is 221 Å². The van der Waals surface area contributed by atoms with E-state index in [1.54, 1.807) is 18.6 Å². The summed E-state index contributed by atoms with van der Waals surface area (Å²) in [4.78, 5) is 48.4. The molecule has 0 bridgehead atoms. The molecule has 1 aliphatic rings. The van der Waals surface area contributed by atoms with E-state index < -0.39 is 12.0 Å². The second kappa shape index (κ2) is 14.2. The summed E-state index contributed by atoms with van der Waals surface area (Å²) in [5.74, 6) is -0.687. The fourth-order valence-corrected chi connectivity index (χ4v) is 5.11. The number of hydrogen-bond donors (Lipinski definition) is 3. The third-order valence-electron chi connectivity index (χ3n) is 6.28. The normalized spacial score (nSPS) is 16.3. The van der Waals surface area contributed by atoms with Gasteiger partial charge in [-0.15, -0.1) is 0 Å². The topological polar surface area (TPSA) is 119 Å². The Bertz CT molecular complexity index is 1010. The van der Waals surface area contributed by atoms with Gasteiger partial charge >= 0.3 is 5.97 Å². The number of hydrogen-bond acceptors (Lipinski definition) is 6. The van der Waals surface area contributed by atoms with E-state index in [2.05, 4.69) is 15.3 Å². The summed E-state index contributed by atoms with van der Waals surface area (Å²) in [6.07, 6.45) is 8.35. The number of carboxylic acid groups (broad SMARTS) is 1. The van der Waals surface area contributed by atoms with Gasteiger partial charge in [-0.25, -0.2) is 9.78 Å². The number of likely N-dealkylation sites (tertiary alicyclic amines) is 1. The molecule has 3 N–H and O–H groups in total. The maximum absolute atomic E-state index is 13.0. The van der Waals surface area contributed by atoms with Gasteiger partial charge in [0.15, 0.2) is 0 Å². The van der Waals surface area contributed by atoms with Crippen molar-refractivity contribution < 1.29 is 19.5 Å². The highest BCUT2D eigenvalue weighted by Gasteiger charge is 2.31. The van der Waals surface area contributed by atoms with Gasteiger partial charge in [0.1, 0.15) is 6.04 Å². The number of amides is 2. The van der Waals surface area contributed by atoms with E-state index in [1.807, 2.05) is 34.3 Å². The molecule has 1 fully saturated rings. The first-order valence-corrected chi connectivity index (χ1v) is 13.9. The van der Waals surface area contributed by atoms with Crippen LogP contribution in [0.1, 0.15) is 36.9 Å². The number of halogens is 1. The average Bonchev–Trinajstić information content (AvgIpc) is 3.53. The van der Waals surface area contributed by atoms with Crippen molar-refractivity contribution in [2.45, 2.75) is 50.7 Å². The Morgan fingerprint density at radius 2 is 2.17 bits per heavy atom. The van der Waals surface area contributed by atoms with Gasteiger partial charge in [-0.3, -0.25) is 14.5 Å². The molecule has 2 atom stereocenters. The van der Waals surface area contributed by atoms with Crippen molar-refractivity contribution in [2.75, 3.05) is 31.6 Å². The molecular weight excluding hydrogens is 502 g/mol. The van der Waals surface area contributed by atoms with Crippen LogP contribution < -0.4 is 5.32 Å². The summed E-state index contributed by atoms with van der Waals surface area (Å²) >= 11 is 7.93. The van der Waals surface area contributed by atoms with Crippen LogP contribution in [0.4, 0.5) is 0 Å². The van der Waals surface area contributed by atoms with Crippen molar-refractivity contribution in [3.8, 4) is 0 Å². The van der Waals surface area contributed by atoms with Gasteiger partial charge < -0.3 is 20.3 Å². The van der Waals surface area contributed by atoms with E-state index in [0.29, 0.717) is 49.7 Å². The molecule has 0 aliphatic carbocycles. The lowest BCUT2D eigenvalue weighted by molar-refractivity contribution is -0.142. The monoisotopic (exact) mass is 535 g/mol. The molecule has 11 heteroatoms. The van der Waals surface area contributed by atoms with Crippen LogP contribution in [0.15, 0.2) is 36.8 Å². The highest BCUT2D eigenvalue weighted by atomic mass is 35.5. The summed E-state index contributed by atoms with van der Waals surface area (Å²) < 4.78 is 0.